The first-order chi connectivity index (χ1) is 13.6. The maximum atomic E-state index is 14.5. The minimum atomic E-state index is -0.357. The maximum Gasteiger partial charge on any atom is 0.317 e. The Kier molecular flexibility index (Phi) is 7.67. The molecule has 0 saturated carbocycles. The molecular weight excluding hydrogens is 401 g/mol. The van der Waals surface area contributed by atoms with Crippen molar-refractivity contribution in [2.45, 2.75) is 25.4 Å². The van der Waals surface area contributed by atoms with Crippen LogP contribution in [0.5, 0.6) is 0 Å². The summed E-state index contributed by atoms with van der Waals surface area (Å²) in [7, 11) is 0. The molecule has 0 radical (unpaired) electrons. The van der Waals surface area contributed by atoms with Gasteiger partial charge in [-0.2, -0.15) is 11.3 Å². The van der Waals surface area contributed by atoms with Crippen LogP contribution in [0.2, 0.25) is 5.02 Å². The Morgan fingerprint density at radius 2 is 2.14 bits per heavy atom. The van der Waals surface area contributed by atoms with Gasteiger partial charge in [-0.3, -0.25) is 4.90 Å². The summed E-state index contributed by atoms with van der Waals surface area (Å²) in [5.41, 5.74) is 1.44. The van der Waals surface area contributed by atoms with Gasteiger partial charge in [0.15, 0.2) is 0 Å². The lowest BCUT2D eigenvalue weighted by Gasteiger charge is -2.30. The van der Waals surface area contributed by atoms with E-state index in [1.165, 1.54) is 6.07 Å². The Morgan fingerprint density at radius 3 is 2.79 bits per heavy atom. The minimum absolute atomic E-state index is 0.119. The molecule has 1 aromatic heterocycles. The number of carbonyl (C=O) groups is 1. The van der Waals surface area contributed by atoms with Crippen LogP contribution in [-0.2, 0) is 6.54 Å². The molecule has 5 nitrogen and oxygen atoms in total. The molecule has 1 aromatic carbocycles. The highest BCUT2D eigenvalue weighted by molar-refractivity contribution is 7.07. The molecule has 152 valence electrons. The van der Waals surface area contributed by atoms with E-state index in [2.05, 4.69) is 10.2 Å². The molecule has 2 aromatic rings. The van der Waals surface area contributed by atoms with E-state index in [-0.39, 0.29) is 37.6 Å². The van der Waals surface area contributed by atoms with Gasteiger partial charge in [-0.15, -0.1) is 0 Å². The number of hydrogen-bond acceptors (Lipinski definition) is 4. The molecule has 1 aliphatic rings. The van der Waals surface area contributed by atoms with Crippen LogP contribution >= 0.6 is 22.9 Å². The molecule has 2 heterocycles. The summed E-state index contributed by atoms with van der Waals surface area (Å²) >= 11 is 7.87. The van der Waals surface area contributed by atoms with Gasteiger partial charge in [0.1, 0.15) is 5.82 Å². The Balaban J connectivity index is 1.72. The first kappa shape index (κ1) is 21.0. The fourth-order valence-electron chi connectivity index (χ4n) is 3.57. The summed E-state index contributed by atoms with van der Waals surface area (Å²) in [4.78, 5) is 16.5. The van der Waals surface area contributed by atoms with E-state index in [0.29, 0.717) is 17.1 Å². The van der Waals surface area contributed by atoms with Gasteiger partial charge in [0.2, 0.25) is 0 Å². The molecule has 1 fully saturated rings. The molecule has 1 saturated heterocycles. The maximum absolute atomic E-state index is 14.5. The van der Waals surface area contributed by atoms with E-state index in [0.717, 1.165) is 31.5 Å². The van der Waals surface area contributed by atoms with E-state index < -0.39 is 0 Å². The van der Waals surface area contributed by atoms with Crippen LogP contribution in [0.15, 0.2) is 35.0 Å². The van der Waals surface area contributed by atoms with Gasteiger partial charge in [0, 0.05) is 30.2 Å². The van der Waals surface area contributed by atoms with Crippen molar-refractivity contribution in [2.24, 2.45) is 0 Å². The van der Waals surface area contributed by atoms with Gasteiger partial charge >= 0.3 is 6.03 Å². The number of nitrogens with zero attached hydrogens (tertiary/aromatic N) is 2. The Hall–Kier alpha value is -1.67. The number of aliphatic hydroxyl groups is 1. The van der Waals surface area contributed by atoms with Gasteiger partial charge in [-0.25, -0.2) is 9.18 Å². The number of halogens is 2. The topological polar surface area (TPSA) is 55.8 Å². The molecular formula is C20H25ClFN3O2S. The average molecular weight is 426 g/mol. The van der Waals surface area contributed by atoms with E-state index in [4.69, 9.17) is 11.6 Å². The molecule has 2 N–H and O–H groups in total. The third-order valence-corrected chi connectivity index (χ3v) is 6.03. The number of carbonyl (C=O) groups excluding carboxylic acids is 1. The van der Waals surface area contributed by atoms with Crippen LogP contribution in [0.25, 0.3) is 0 Å². The highest BCUT2D eigenvalue weighted by Crippen LogP contribution is 2.32. The number of amides is 2. The second kappa shape index (κ2) is 10.2. The van der Waals surface area contributed by atoms with Crippen molar-refractivity contribution in [1.29, 1.82) is 0 Å². The molecule has 1 unspecified atom stereocenters. The number of aliphatic hydroxyl groups excluding tert-OH is 1. The molecule has 3 rings (SSSR count). The largest absolute Gasteiger partial charge is 0.395 e. The molecule has 8 heteroatoms. The van der Waals surface area contributed by atoms with Crippen molar-refractivity contribution < 1.29 is 14.3 Å². The third-order valence-electron chi connectivity index (χ3n) is 4.97. The van der Waals surface area contributed by atoms with Crippen LogP contribution < -0.4 is 5.32 Å². The lowest BCUT2D eigenvalue weighted by atomic mass is 10.0. The number of urea groups is 1. The quantitative estimate of drug-likeness (QED) is 0.674. The lowest BCUT2D eigenvalue weighted by Crippen LogP contribution is -2.44. The van der Waals surface area contributed by atoms with E-state index >= 15 is 0 Å². The SMILES string of the molecule is O=C(NCC(c1c(F)cccc1Cl)N1CCCC1)N(CCO)Cc1ccsc1. The summed E-state index contributed by atoms with van der Waals surface area (Å²) < 4.78 is 14.5. The second-order valence-electron chi connectivity index (χ2n) is 6.86. The highest BCUT2D eigenvalue weighted by Gasteiger charge is 2.28. The van der Waals surface area contributed by atoms with Crippen molar-refractivity contribution in [3.05, 3.63) is 57.0 Å². The zero-order valence-electron chi connectivity index (χ0n) is 15.6. The summed E-state index contributed by atoms with van der Waals surface area (Å²) in [6.45, 7) is 2.49. The summed E-state index contributed by atoms with van der Waals surface area (Å²) in [5, 5.41) is 16.5. The Labute approximate surface area is 173 Å². The number of thiophene rings is 1. The normalized spacial score (nSPS) is 15.5. The second-order valence-corrected chi connectivity index (χ2v) is 8.04. The number of rotatable bonds is 8. The van der Waals surface area contributed by atoms with E-state index in [1.54, 1.807) is 28.4 Å². The van der Waals surface area contributed by atoms with E-state index in [1.807, 2.05) is 16.8 Å². The molecule has 2 amide bonds. The van der Waals surface area contributed by atoms with Gasteiger partial charge in [0.05, 0.1) is 12.6 Å². The van der Waals surface area contributed by atoms with Gasteiger partial charge < -0.3 is 15.3 Å². The zero-order valence-corrected chi connectivity index (χ0v) is 17.2. The Bertz CT molecular complexity index is 749. The molecule has 0 bridgehead atoms. The monoisotopic (exact) mass is 425 g/mol. The van der Waals surface area contributed by atoms with Gasteiger partial charge in [-0.1, -0.05) is 17.7 Å². The number of hydrogen-bond donors (Lipinski definition) is 2. The van der Waals surface area contributed by atoms with Crippen LogP contribution in [0.4, 0.5) is 9.18 Å². The molecule has 0 spiro atoms. The smallest absolute Gasteiger partial charge is 0.317 e. The minimum Gasteiger partial charge on any atom is -0.395 e. The fraction of sp³-hybridized carbons (Fsp3) is 0.450. The molecule has 28 heavy (non-hydrogen) atoms. The average Bonchev–Trinajstić information content (AvgIpc) is 3.37. The summed E-state index contributed by atoms with van der Waals surface area (Å²) in [6.07, 6.45) is 2.09. The summed E-state index contributed by atoms with van der Waals surface area (Å²) in [5.74, 6) is -0.357. The first-order valence-electron chi connectivity index (χ1n) is 9.43. The van der Waals surface area contributed by atoms with Crippen LogP contribution in [-0.4, -0.2) is 53.7 Å². The van der Waals surface area contributed by atoms with Crippen molar-refractivity contribution in [1.82, 2.24) is 15.1 Å². The van der Waals surface area contributed by atoms with Gasteiger partial charge in [-0.05, 0) is 60.5 Å². The lowest BCUT2D eigenvalue weighted by molar-refractivity contribution is 0.167. The van der Waals surface area contributed by atoms with Gasteiger partial charge in [0.25, 0.3) is 0 Å². The third kappa shape index (κ3) is 5.23. The number of nitrogens with one attached hydrogen (secondary N) is 1. The van der Waals surface area contributed by atoms with E-state index in [9.17, 15) is 14.3 Å². The highest BCUT2D eigenvalue weighted by atomic mass is 35.5. The predicted octanol–water partition coefficient (Wildman–Crippen LogP) is 3.88. The zero-order chi connectivity index (χ0) is 19.9. The number of likely N-dealkylation sites (tertiary alicyclic amines) is 1. The van der Waals surface area contributed by atoms with Crippen LogP contribution in [0.3, 0.4) is 0 Å². The van der Waals surface area contributed by atoms with Crippen LogP contribution in [0, 0.1) is 5.82 Å². The predicted molar refractivity (Wildman–Crippen MR) is 110 cm³/mol. The molecule has 1 atom stereocenters. The Morgan fingerprint density at radius 1 is 1.36 bits per heavy atom. The first-order valence-corrected chi connectivity index (χ1v) is 10.7. The fourth-order valence-corrected chi connectivity index (χ4v) is 4.52. The molecule has 0 aliphatic carbocycles. The van der Waals surface area contributed by atoms with Crippen molar-refractivity contribution in [2.75, 3.05) is 32.8 Å². The summed E-state index contributed by atoms with van der Waals surface area (Å²) in [6, 6.07) is 6.02. The van der Waals surface area contributed by atoms with Crippen molar-refractivity contribution in [3.8, 4) is 0 Å². The number of benzene rings is 1. The van der Waals surface area contributed by atoms with Crippen molar-refractivity contribution in [3.63, 3.8) is 0 Å². The van der Waals surface area contributed by atoms with Crippen LogP contribution in [0.1, 0.15) is 30.0 Å². The van der Waals surface area contributed by atoms with Crippen molar-refractivity contribution >= 4 is 29.0 Å². The molecule has 1 aliphatic heterocycles. The standard InChI is InChI=1S/C20H25ClFN3O2S/c21-16-4-3-5-17(22)19(16)18(24-7-1-2-8-24)12-23-20(27)25(9-10-26)13-15-6-11-28-14-15/h3-6,11,14,18,26H,1-2,7-10,12-13H2,(H,23,27).